The molecule has 0 fully saturated rings. The SMILES string of the molecule is CC(C)NC(=O)[C@@]1(C)Sc2ccccc2N(C)C1=O. The zero-order valence-electron chi connectivity index (χ0n) is 11.6. The molecule has 0 aliphatic carbocycles. The quantitative estimate of drug-likeness (QED) is 0.842. The summed E-state index contributed by atoms with van der Waals surface area (Å²) in [5.74, 6) is -0.423. The maximum atomic E-state index is 12.5. The third kappa shape index (κ3) is 2.34. The van der Waals surface area contributed by atoms with Crippen molar-refractivity contribution in [2.45, 2.75) is 36.5 Å². The molecule has 1 aliphatic rings. The van der Waals surface area contributed by atoms with Crippen LogP contribution in [-0.2, 0) is 9.59 Å². The van der Waals surface area contributed by atoms with E-state index in [0.29, 0.717) is 0 Å². The minimum Gasteiger partial charge on any atom is -0.352 e. The maximum absolute atomic E-state index is 12.5. The van der Waals surface area contributed by atoms with Crippen LogP contribution in [0.2, 0.25) is 0 Å². The molecule has 1 aromatic carbocycles. The Kier molecular flexibility index (Phi) is 3.58. The van der Waals surface area contributed by atoms with Gasteiger partial charge in [0, 0.05) is 18.0 Å². The van der Waals surface area contributed by atoms with Gasteiger partial charge in [0.15, 0.2) is 4.75 Å². The first-order chi connectivity index (χ1) is 8.86. The van der Waals surface area contributed by atoms with Crippen molar-refractivity contribution in [3.63, 3.8) is 0 Å². The van der Waals surface area contributed by atoms with Gasteiger partial charge in [0.2, 0.25) is 5.91 Å². The van der Waals surface area contributed by atoms with Crippen molar-refractivity contribution in [1.29, 1.82) is 0 Å². The predicted molar refractivity (Wildman–Crippen MR) is 77.4 cm³/mol. The number of nitrogens with zero attached hydrogens (tertiary/aromatic N) is 1. The van der Waals surface area contributed by atoms with Gasteiger partial charge in [0.1, 0.15) is 0 Å². The van der Waals surface area contributed by atoms with E-state index in [1.54, 1.807) is 18.9 Å². The number of carbonyl (C=O) groups is 2. The number of benzene rings is 1. The number of carbonyl (C=O) groups excluding carboxylic acids is 2. The number of fused-ring (bicyclic) bond motifs is 1. The van der Waals surface area contributed by atoms with E-state index >= 15 is 0 Å². The molecule has 1 N–H and O–H groups in total. The second-order valence-corrected chi connectivity index (χ2v) is 6.56. The summed E-state index contributed by atoms with van der Waals surface area (Å²) in [4.78, 5) is 27.3. The summed E-state index contributed by atoms with van der Waals surface area (Å²) < 4.78 is -1.10. The number of thioether (sulfide) groups is 1. The van der Waals surface area contributed by atoms with Crippen molar-refractivity contribution < 1.29 is 9.59 Å². The summed E-state index contributed by atoms with van der Waals surface area (Å²) in [6, 6.07) is 7.64. The van der Waals surface area contributed by atoms with Crippen LogP contribution in [0, 0.1) is 0 Å². The summed E-state index contributed by atoms with van der Waals surface area (Å²) in [7, 11) is 1.71. The Morgan fingerprint density at radius 2 is 2.00 bits per heavy atom. The van der Waals surface area contributed by atoms with Crippen LogP contribution in [0.3, 0.4) is 0 Å². The van der Waals surface area contributed by atoms with Gasteiger partial charge in [0.05, 0.1) is 5.69 Å². The highest BCUT2D eigenvalue weighted by Gasteiger charge is 2.48. The third-order valence-corrected chi connectivity index (χ3v) is 4.44. The molecule has 1 aromatic rings. The number of amides is 2. The van der Waals surface area contributed by atoms with Crippen LogP contribution in [0.5, 0.6) is 0 Å². The molecule has 2 rings (SSSR count). The normalized spacial score (nSPS) is 22.4. The zero-order valence-corrected chi connectivity index (χ0v) is 12.4. The molecular weight excluding hydrogens is 260 g/mol. The fourth-order valence-electron chi connectivity index (χ4n) is 2.06. The second kappa shape index (κ2) is 4.89. The molecule has 0 spiro atoms. The van der Waals surface area contributed by atoms with Crippen molar-refractivity contribution in [2.75, 3.05) is 11.9 Å². The van der Waals surface area contributed by atoms with E-state index in [1.807, 2.05) is 38.1 Å². The van der Waals surface area contributed by atoms with Gasteiger partial charge in [-0.25, -0.2) is 0 Å². The Morgan fingerprint density at radius 3 is 2.63 bits per heavy atom. The minimum atomic E-state index is -1.10. The highest BCUT2D eigenvalue weighted by molar-refractivity contribution is 8.02. The van der Waals surface area contributed by atoms with E-state index in [0.717, 1.165) is 10.6 Å². The Morgan fingerprint density at radius 1 is 1.37 bits per heavy atom. The summed E-state index contributed by atoms with van der Waals surface area (Å²) in [6.45, 7) is 5.46. The van der Waals surface area contributed by atoms with E-state index in [2.05, 4.69) is 5.32 Å². The topological polar surface area (TPSA) is 49.4 Å². The van der Waals surface area contributed by atoms with Gasteiger partial charge in [-0.3, -0.25) is 9.59 Å². The first-order valence-corrected chi connectivity index (χ1v) is 7.05. The lowest BCUT2D eigenvalue weighted by Crippen LogP contribution is -2.56. The van der Waals surface area contributed by atoms with Crippen molar-refractivity contribution in [1.82, 2.24) is 5.32 Å². The molecule has 0 saturated carbocycles. The number of hydrogen-bond acceptors (Lipinski definition) is 3. The monoisotopic (exact) mass is 278 g/mol. The van der Waals surface area contributed by atoms with E-state index in [9.17, 15) is 9.59 Å². The molecule has 2 amide bonds. The van der Waals surface area contributed by atoms with Crippen LogP contribution < -0.4 is 10.2 Å². The van der Waals surface area contributed by atoms with Crippen LogP contribution in [0.15, 0.2) is 29.2 Å². The number of hydrogen-bond donors (Lipinski definition) is 1. The lowest BCUT2D eigenvalue weighted by Gasteiger charge is -2.37. The van der Waals surface area contributed by atoms with Crippen LogP contribution in [0.4, 0.5) is 5.69 Å². The van der Waals surface area contributed by atoms with Crippen molar-refractivity contribution in [3.05, 3.63) is 24.3 Å². The van der Waals surface area contributed by atoms with Gasteiger partial charge >= 0.3 is 0 Å². The molecule has 0 bridgehead atoms. The first-order valence-electron chi connectivity index (χ1n) is 6.23. The lowest BCUT2D eigenvalue weighted by molar-refractivity contribution is -0.131. The predicted octanol–water partition coefficient (Wildman–Crippen LogP) is 2.04. The largest absolute Gasteiger partial charge is 0.352 e. The first kappa shape index (κ1) is 13.9. The van der Waals surface area contributed by atoms with Crippen LogP contribution in [0.25, 0.3) is 0 Å². The van der Waals surface area contributed by atoms with E-state index < -0.39 is 4.75 Å². The molecule has 5 heteroatoms. The molecule has 0 radical (unpaired) electrons. The Hall–Kier alpha value is -1.49. The summed E-state index contributed by atoms with van der Waals surface area (Å²) >= 11 is 1.32. The van der Waals surface area contributed by atoms with Gasteiger partial charge < -0.3 is 10.2 Å². The Bertz CT molecular complexity index is 530. The van der Waals surface area contributed by atoms with Crippen LogP contribution in [-0.4, -0.2) is 29.7 Å². The van der Waals surface area contributed by atoms with Crippen molar-refractivity contribution in [3.8, 4) is 0 Å². The van der Waals surface area contributed by atoms with Crippen molar-refractivity contribution >= 4 is 29.3 Å². The minimum absolute atomic E-state index is 0.0141. The average molecular weight is 278 g/mol. The molecule has 4 nitrogen and oxygen atoms in total. The lowest BCUT2D eigenvalue weighted by atomic mass is 10.1. The molecule has 19 heavy (non-hydrogen) atoms. The molecule has 1 atom stereocenters. The van der Waals surface area contributed by atoms with Crippen LogP contribution >= 0.6 is 11.8 Å². The van der Waals surface area contributed by atoms with Gasteiger partial charge in [-0.1, -0.05) is 23.9 Å². The standard InChI is InChI=1S/C14H18N2O2S/c1-9(2)15-12(17)14(3)13(18)16(4)10-7-5-6-8-11(10)19-14/h5-9H,1-4H3,(H,15,17)/t14-/m1/s1. The molecule has 0 aromatic heterocycles. The van der Waals surface area contributed by atoms with Gasteiger partial charge in [0.25, 0.3) is 5.91 Å². The van der Waals surface area contributed by atoms with Gasteiger partial charge in [-0.05, 0) is 32.9 Å². The number of para-hydroxylation sites is 1. The van der Waals surface area contributed by atoms with Crippen LogP contribution in [0.1, 0.15) is 20.8 Å². The second-order valence-electron chi connectivity index (χ2n) is 5.10. The summed E-state index contributed by atoms with van der Waals surface area (Å²) in [6.07, 6.45) is 0. The van der Waals surface area contributed by atoms with E-state index in [1.165, 1.54) is 11.8 Å². The molecule has 102 valence electrons. The zero-order chi connectivity index (χ0) is 14.2. The smallest absolute Gasteiger partial charge is 0.252 e. The Balaban J connectivity index is 2.39. The van der Waals surface area contributed by atoms with Gasteiger partial charge in [-0.2, -0.15) is 0 Å². The molecule has 0 unspecified atom stereocenters. The Labute approximate surface area is 117 Å². The highest BCUT2D eigenvalue weighted by atomic mass is 32.2. The average Bonchev–Trinajstić information content (AvgIpc) is 2.35. The summed E-state index contributed by atoms with van der Waals surface area (Å²) in [5.41, 5.74) is 0.854. The summed E-state index contributed by atoms with van der Waals surface area (Å²) in [5, 5.41) is 2.83. The fraction of sp³-hybridized carbons (Fsp3) is 0.429. The molecule has 0 saturated heterocycles. The van der Waals surface area contributed by atoms with E-state index in [-0.39, 0.29) is 17.9 Å². The maximum Gasteiger partial charge on any atom is 0.252 e. The highest BCUT2D eigenvalue weighted by Crippen LogP contribution is 2.44. The third-order valence-electron chi connectivity index (χ3n) is 3.11. The van der Waals surface area contributed by atoms with E-state index in [4.69, 9.17) is 0 Å². The fourth-order valence-corrected chi connectivity index (χ4v) is 3.33. The number of anilines is 1. The number of rotatable bonds is 2. The van der Waals surface area contributed by atoms with Crippen molar-refractivity contribution in [2.24, 2.45) is 0 Å². The molecular formula is C14H18N2O2S. The number of nitrogens with one attached hydrogen (secondary N) is 1. The molecule has 1 heterocycles. The van der Waals surface area contributed by atoms with Gasteiger partial charge in [-0.15, -0.1) is 0 Å². The molecule has 1 aliphatic heterocycles.